The molecule has 0 unspecified atom stereocenters. The van der Waals surface area contributed by atoms with Crippen LogP contribution in [0.2, 0.25) is 0 Å². The summed E-state index contributed by atoms with van der Waals surface area (Å²) >= 11 is 0. The third-order valence-electron chi connectivity index (χ3n) is 2.31. The molecular weight excluding hydrogens is 194 g/mol. The summed E-state index contributed by atoms with van der Waals surface area (Å²) in [6, 6.07) is 5.15. The third kappa shape index (κ3) is 1.38. The van der Waals surface area contributed by atoms with Gasteiger partial charge in [0.15, 0.2) is 11.9 Å². The Morgan fingerprint density at radius 2 is 2.13 bits per heavy atom. The van der Waals surface area contributed by atoms with E-state index in [1.54, 1.807) is 18.2 Å². The minimum atomic E-state index is -0.422. The average Bonchev–Trinajstić information content (AvgIpc) is 2.53. The van der Waals surface area contributed by atoms with Crippen molar-refractivity contribution in [1.29, 1.82) is 0 Å². The Balaban J connectivity index is 2.90. The fourth-order valence-electron chi connectivity index (χ4n) is 1.66. The van der Waals surface area contributed by atoms with Gasteiger partial charge in [-0.2, -0.15) is 0 Å². The lowest BCUT2D eigenvalue weighted by Gasteiger charge is -2.04. The lowest BCUT2D eigenvalue weighted by atomic mass is 10.2. The van der Waals surface area contributed by atoms with Crippen molar-refractivity contribution in [2.75, 3.05) is 0 Å². The number of rotatable bonds is 2. The monoisotopic (exact) mass is 205 g/mol. The van der Waals surface area contributed by atoms with Gasteiger partial charge in [0.2, 0.25) is 0 Å². The zero-order valence-electron chi connectivity index (χ0n) is 8.56. The summed E-state index contributed by atoms with van der Waals surface area (Å²) in [5.41, 5.74) is 1.44. The van der Waals surface area contributed by atoms with Gasteiger partial charge in [0.1, 0.15) is 0 Å². The third-order valence-corrected chi connectivity index (χ3v) is 2.31. The Labute approximate surface area is 86.1 Å². The van der Waals surface area contributed by atoms with E-state index in [1.807, 2.05) is 13.8 Å². The summed E-state index contributed by atoms with van der Waals surface area (Å²) in [4.78, 5) is 22.3. The summed E-state index contributed by atoms with van der Waals surface area (Å²) in [5.74, 6) is -0.422. The molecule has 2 rings (SSSR count). The quantitative estimate of drug-likeness (QED) is 0.704. The van der Waals surface area contributed by atoms with Gasteiger partial charge < -0.3 is 4.42 Å². The number of hydrogen-bond acceptors (Lipinski definition) is 3. The van der Waals surface area contributed by atoms with Gasteiger partial charge in [0.05, 0.1) is 11.1 Å². The van der Waals surface area contributed by atoms with Crippen LogP contribution in [-0.4, -0.2) is 10.9 Å². The number of para-hydroxylation sites is 1. The van der Waals surface area contributed by atoms with E-state index in [1.165, 1.54) is 4.57 Å². The number of aldehydes is 1. The molecule has 15 heavy (non-hydrogen) atoms. The zero-order chi connectivity index (χ0) is 11.0. The van der Waals surface area contributed by atoms with Crippen LogP contribution in [0.5, 0.6) is 0 Å². The molecule has 0 bridgehead atoms. The van der Waals surface area contributed by atoms with Crippen molar-refractivity contribution in [3.05, 3.63) is 34.3 Å². The van der Waals surface area contributed by atoms with Crippen molar-refractivity contribution in [2.24, 2.45) is 0 Å². The summed E-state index contributed by atoms with van der Waals surface area (Å²) in [6.45, 7) is 3.79. The Morgan fingerprint density at radius 1 is 1.40 bits per heavy atom. The molecule has 0 aliphatic carbocycles. The molecule has 0 saturated carbocycles. The van der Waals surface area contributed by atoms with E-state index >= 15 is 0 Å². The van der Waals surface area contributed by atoms with Gasteiger partial charge >= 0.3 is 5.76 Å². The van der Waals surface area contributed by atoms with Gasteiger partial charge in [-0.05, 0) is 26.0 Å². The molecule has 0 amide bonds. The predicted octanol–water partition coefficient (Wildman–Crippen LogP) is 1.99. The molecule has 0 atom stereocenters. The second-order valence-electron chi connectivity index (χ2n) is 3.65. The molecule has 0 aliphatic rings. The maximum atomic E-state index is 11.5. The molecule has 0 aliphatic heterocycles. The summed E-state index contributed by atoms with van der Waals surface area (Å²) < 4.78 is 6.59. The number of carbonyl (C=O) groups is 1. The maximum absolute atomic E-state index is 11.5. The van der Waals surface area contributed by atoms with Crippen LogP contribution in [0.3, 0.4) is 0 Å². The van der Waals surface area contributed by atoms with Crippen molar-refractivity contribution in [3.8, 4) is 0 Å². The number of benzene rings is 1. The van der Waals surface area contributed by atoms with Crippen molar-refractivity contribution >= 4 is 17.4 Å². The van der Waals surface area contributed by atoms with Crippen LogP contribution < -0.4 is 5.76 Å². The summed E-state index contributed by atoms with van der Waals surface area (Å²) in [6.07, 6.45) is 0.690. The van der Waals surface area contributed by atoms with Crippen LogP contribution >= 0.6 is 0 Å². The highest BCUT2D eigenvalue weighted by Gasteiger charge is 2.13. The van der Waals surface area contributed by atoms with Gasteiger partial charge in [-0.15, -0.1) is 0 Å². The average molecular weight is 205 g/mol. The van der Waals surface area contributed by atoms with E-state index in [0.717, 1.165) is 0 Å². The Hall–Kier alpha value is -1.84. The first-order valence-corrected chi connectivity index (χ1v) is 4.74. The van der Waals surface area contributed by atoms with Crippen molar-refractivity contribution < 1.29 is 9.21 Å². The number of aromatic nitrogens is 1. The highest BCUT2D eigenvalue weighted by atomic mass is 16.4. The molecule has 1 aromatic carbocycles. The highest BCUT2D eigenvalue weighted by Crippen LogP contribution is 2.19. The number of nitrogens with zero attached hydrogens (tertiary/aromatic N) is 1. The van der Waals surface area contributed by atoms with E-state index in [2.05, 4.69) is 0 Å². The number of oxazole rings is 1. The topological polar surface area (TPSA) is 52.2 Å². The normalized spacial score (nSPS) is 11.1. The van der Waals surface area contributed by atoms with Crippen LogP contribution in [0.1, 0.15) is 30.2 Å². The first kappa shape index (κ1) is 9.71. The van der Waals surface area contributed by atoms with Crippen molar-refractivity contribution in [2.45, 2.75) is 19.9 Å². The van der Waals surface area contributed by atoms with Crippen LogP contribution in [-0.2, 0) is 0 Å². The lowest BCUT2D eigenvalue weighted by Crippen LogP contribution is -2.15. The van der Waals surface area contributed by atoms with Crippen molar-refractivity contribution in [1.82, 2.24) is 4.57 Å². The second-order valence-corrected chi connectivity index (χ2v) is 3.65. The Morgan fingerprint density at radius 3 is 2.73 bits per heavy atom. The molecule has 0 spiro atoms. The predicted molar refractivity (Wildman–Crippen MR) is 56.2 cm³/mol. The van der Waals surface area contributed by atoms with E-state index < -0.39 is 5.76 Å². The maximum Gasteiger partial charge on any atom is 0.420 e. The zero-order valence-corrected chi connectivity index (χ0v) is 8.56. The number of hydrogen-bond donors (Lipinski definition) is 0. The van der Waals surface area contributed by atoms with Crippen LogP contribution in [0.15, 0.2) is 27.4 Å². The minimum absolute atomic E-state index is 0.0145. The Bertz CT molecular complexity index is 563. The highest BCUT2D eigenvalue weighted by molar-refractivity contribution is 5.92. The lowest BCUT2D eigenvalue weighted by molar-refractivity contribution is 0.112. The van der Waals surface area contributed by atoms with Crippen LogP contribution in [0.25, 0.3) is 11.1 Å². The van der Waals surface area contributed by atoms with Crippen molar-refractivity contribution in [3.63, 3.8) is 0 Å². The molecule has 4 heteroatoms. The van der Waals surface area contributed by atoms with Gasteiger partial charge in [0, 0.05) is 6.04 Å². The largest absolute Gasteiger partial charge is 0.420 e. The molecule has 0 saturated heterocycles. The number of carbonyl (C=O) groups excluding carboxylic acids is 1. The minimum Gasteiger partial charge on any atom is -0.407 e. The molecule has 1 aromatic heterocycles. The van der Waals surface area contributed by atoms with E-state index in [0.29, 0.717) is 22.9 Å². The number of fused-ring (bicyclic) bond motifs is 1. The molecular formula is C11H11NO3. The first-order chi connectivity index (χ1) is 7.15. The fourth-order valence-corrected chi connectivity index (χ4v) is 1.66. The molecule has 4 nitrogen and oxygen atoms in total. The van der Waals surface area contributed by atoms with Gasteiger partial charge in [-0.1, -0.05) is 6.07 Å². The first-order valence-electron chi connectivity index (χ1n) is 4.74. The molecule has 2 aromatic rings. The summed E-state index contributed by atoms with van der Waals surface area (Å²) in [5, 5.41) is 0. The van der Waals surface area contributed by atoms with Gasteiger partial charge in [-0.3, -0.25) is 9.36 Å². The Kier molecular flexibility index (Phi) is 2.19. The molecule has 0 N–H and O–H groups in total. The standard InChI is InChI=1S/C11H11NO3/c1-7(2)12-9-5-3-4-8(6-13)10(9)15-11(12)14/h3-7H,1-2H3. The molecule has 1 heterocycles. The molecule has 0 fully saturated rings. The van der Waals surface area contributed by atoms with Gasteiger partial charge in [-0.25, -0.2) is 4.79 Å². The van der Waals surface area contributed by atoms with Crippen LogP contribution in [0.4, 0.5) is 0 Å². The molecule has 0 radical (unpaired) electrons. The molecule has 78 valence electrons. The summed E-state index contributed by atoms with van der Waals surface area (Å²) in [7, 11) is 0. The smallest absolute Gasteiger partial charge is 0.407 e. The van der Waals surface area contributed by atoms with E-state index in [-0.39, 0.29) is 6.04 Å². The second kappa shape index (κ2) is 3.38. The fraction of sp³-hybridized carbons (Fsp3) is 0.273. The van der Waals surface area contributed by atoms with E-state index in [9.17, 15) is 9.59 Å². The van der Waals surface area contributed by atoms with Crippen LogP contribution in [0, 0.1) is 0 Å². The van der Waals surface area contributed by atoms with E-state index in [4.69, 9.17) is 4.42 Å². The SMILES string of the molecule is CC(C)n1c(=O)oc2c(C=O)cccc21. The van der Waals surface area contributed by atoms with Gasteiger partial charge in [0.25, 0.3) is 0 Å².